The number of halogens is 4. The van der Waals surface area contributed by atoms with Gasteiger partial charge in [0.25, 0.3) is 0 Å². The van der Waals surface area contributed by atoms with Crippen molar-refractivity contribution in [3.05, 3.63) is 63.1 Å². The zero-order valence-corrected chi connectivity index (χ0v) is 11.5. The van der Waals surface area contributed by atoms with Gasteiger partial charge in [0.15, 0.2) is 0 Å². The highest BCUT2D eigenvalue weighted by molar-refractivity contribution is 9.10. The number of nitrogens with one attached hydrogen (secondary N) is 1. The minimum absolute atomic E-state index is 0.183. The van der Waals surface area contributed by atoms with Crippen molar-refractivity contribution in [2.75, 3.05) is 5.32 Å². The van der Waals surface area contributed by atoms with E-state index in [0.717, 1.165) is 0 Å². The van der Waals surface area contributed by atoms with Crippen molar-refractivity contribution >= 4 is 33.2 Å². The highest BCUT2D eigenvalue weighted by Crippen LogP contribution is 2.26. The average molecular weight is 333 g/mol. The summed E-state index contributed by atoms with van der Waals surface area (Å²) < 4.78 is 27.6. The van der Waals surface area contributed by atoms with Crippen LogP contribution in [0.5, 0.6) is 0 Å². The van der Waals surface area contributed by atoms with Gasteiger partial charge in [0, 0.05) is 21.6 Å². The van der Waals surface area contributed by atoms with Gasteiger partial charge in [-0.05, 0) is 40.2 Å². The van der Waals surface area contributed by atoms with Crippen LogP contribution >= 0.6 is 27.5 Å². The number of rotatable bonds is 3. The third-order valence-electron chi connectivity index (χ3n) is 2.43. The Hall–Kier alpha value is -1.13. The Labute approximate surface area is 117 Å². The van der Waals surface area contributed by atoms with E-state index in [0.29, 0.717) is 20.7 Å². The summed E-state index contributed by atoms with van der Waals surface area (Å²) in [6.07, 6.45) is 0. The summed E-state index contributed by atoms with van der Waals surface area (Å²) in [5.74, 6) is -0.804. The van der Waals surface area contributed by atoms with Crippen molar-refractivity contribution in [2.45, 2.75) is 6.54 Å². The quantitative estimate of drug-likeness (QED) is 0.834. The zero-order chi connectivity index (χ0) is 13.1. The fourth-order valence-corrected chi connectivity index (χ4v) is 2.16. The Morgan fingerprint density at radius 3 is 2.56 bits per heavy atom. The molecule has 0 bridgehead atoms. The second kappa shape index (κ2) is 5.67. The SMILES string of the molecule is Fc1cc(Cl)ccc1CNc1c(F)cccc1Br. The molecule has 0 amide bonds. The van der Waals surface area contributed by atoms with Crippen molar-refractivity contribution in [2.24, 2.45) is 0 Å². The molecule has 0 aliphatic carbocycles. The number of benzene rings is 2. The standard InChI is InChI=1S/C13H9BrClF2N/c14-10-2-1-3-11(16)13(10)18-7-8-4-5-9(15)6-12(8)17/h1-6,18H,7H2. The number of hydrogen-bond donors (Lipinski definition) is 1. The van der Waals surface area contributed by atoms with Crippen molar-refractivity contribution in [1.82, 2.24) is 0 Å². The molecular weight excluding hydrogens is 324 g/mol. The molecule has 18 heavy (non-hydrogen) atoms. The molecule has 0 radical (unpaired) electrons. The molecule has 0 atom stereocenters. The van der Waals surface area contributed by atoms with Crippen LogP contribution in [0.2, 0.25) is 5.02 Å². The van der Waals surface area contributed by atoms with E-state index in [1.165, 1.54) is 12.1 Å². The van der Waals surface area contributed by atoms with Crippen molar-refractivity contribution < 1.29 is 8.78 Å². The normalized spacial score (nSPS) is 10.4. The fourth-order valence-electron chi connectivity index (χ4n) is 1.52. The molecule has 0 aliphatic rings. The van der Waals surface area contributed by atoms with Gasteiger partial charge in [0.1, 0.15) is 11.6 Å². The number of hydrogen-bond acceptors (Lipinski definition) is 1. The van der Waals surface area contributed by atoms with E-state index in [1.54, 1.807) is 24.3 Å². The second-order valence-corrected chi connectivity index (χ2v) is 4.98. The summed E-state index contributed by atoms with van der Waals surface area (Å²) in [6, 6.07) is 9.04. The Morgan fingerprint density at radius 1 is 1.11 bits per heavy atom. The smallest absolute Gasteiger partial charge is 0.147 e. The molecule has 0 saturated carbocycles. The van der Waals surface area contributed by atoms with E-state index in [2.05, 4.69) is 21.2 Å². The summed E-state index contributed by atoms with van der Waals surface area (Å²) in [7, 11) is 0. The summed E-state index contributed by atoms with van der Waals surface area (Å²) in [5.41, 5.74) is 0.737. The Morgan fingerprint density at radius 2 is 1.89 bits per heavy atom. The van der Waals surface area contributed by atoms with Crippen molar-refractivity contribution in [3.8, 4) is 0 Å². The first-order valence-corrected chi connectivity index (χ1v) is 6.37. The zero-order valence-electron chi connectivity index (χ0n) is 9.18. The van der Waals surface area contributed by atoms with Crippen molar-refractivity contribution in [3.63, 3.8) is 0 Å². The van der Waals surface area contributed by atoms with E-state index in [9.17, 15) is 8.78 Å². The molecule has 0 aliphatic heterocycles. The molecule has 94 valence electrons. The first-order chi connectivity index (χ1) is 8.58. The number of para-hydroxylation sites is 1. The topological polar surface area (TPSA) is 12.0 Å². The first-order valence-electron chi connectivity index (χ1n) is 5.20. The van der Waals surface area contributed by atoms with Gasteiger partial charge in [-0.1, -0.05) is 23.7 Å². The molecule has 5 heteroatoms. The van der Waals surface area contributed by atoms with Crippen LogP contribution in [-0.2, 0) is 6.54 Å². The lowest BCUT2D eigenvalue weighted by Crippen LogP contribution is -2.04. The minimum Gasteiger partial charge on any atom is -0.378 e. The van der Waals surface area contributed by atoms with Crippen LogP contribution in [0.15, 0.2) is 40.9 Å². The van der Waals surface area contributed by atoms with E-state index >= 15 is 0 Å². The van der Waals surface area contributed by atoms with Gasteiger partial charge in [-0.2, -0.15) is 0 Å². The van der Waals surface area contributed by atoms with E-state index in [1.807, 2.05) is 0 Å². The Kier molecular flexibility index (Phi) is 4.19. The van der Waals surface area contributed by atoms with Crippen LogP contribution in [0.4, 0.5) is 14.5 Å². The summed E-state index contributed by atoms with van der Waals surface area (Å²) in [4.78, 5) is 0. The predicted molar refractivity (Wildman–Crippen MR) is 72.8 cm³/mol. The largest absolute Gasteiger partial charge is 0.378 e. The highest BCUT2D eigenvalue weighted by atomic mass is 79.9. The first kappa shape index (κ1) is 13.3. The van der Waals surface area contributed by atoms with Crippen LogP contribution in [-0.4, -0.2) is 0 Å². The van der Waals surface area contributed by atoms with E-state index in [4.69, 9.17) is 11.6 Å². The van der Waals surface area contributed by atoms with Crippen LogP contribution in [0.25, 0.3) is 0 Å². The minimum atomic E-state index is -0.414. The van der Waals surface area contributed by atoms with Crippen LogP contribution < -0.4 is 5.32 Å². The maximum absolute atomic E-state index is 13.5. The third kappa shape index (κ3) is 3.00. The van der Waals surface area contributed by atoms with Gasteiger partial charge in [0.05, 0.1) is 5.69 Å². The lowest BCUT2D eigenvalue weighted by atomic mass is 10.2. The van der Waals surface area contributed by atoms with Gasteiger partial charge in [-0.15, -0.1) is 0 Å². The lowest BCUT2D eigenvalue weighted by Gasteiger charge is -2.10. The van der Waals surface area contributed by atoms with Gasteiger partial charge in [-0.25, -0.2) is 8.78 Å². The fraction of sp³-hybridized carbons (Fsp3) is 0.0769. The predicted octanol–water partition coefficient (Wildman–Crippen LogP) is 4.99. The van der Waals surface area contributed by atoms with Gasteiger partial charge >= 0.3 is 0 Å². The molecule has 2 rings (SSSR count). The number of anilines is 1. The van der Waals surface area contributed by atoms with E-state index in [-0.39, 0.29) is 6.54 Å². The molecule has 1 nitrogen and oxygen atoms in total. The Bertz CT molecular complexity index is 555. The molecule has 2 aromatic rings. The second-order valence-electron chi connectivity index (χ2n) is 3.69. The average Bonchev–Trinajstić information content (AvgIpc) is 2.31. The summed E-state index contributed by atoms with van der Waals surface area (Å²) >= 11 is 8.89. The van der Waals surface area contributed by atoms with Crippen LogP contribution in [0.1, 0.15) is 5.56 Å². The highest BCUT2D eigenvalue weighted by Gasteiger charge is 2.08. The van der Waals surface area contributed by atoms with E-state index < -0.39 is 11.6 Å². The van der Waals surface area contributed by atoms with Gasteiger partial charge in [-0.3, -0.25) is 0 Å². The van der Waals surface area contributed by atoms with Crippen LogP contribution in [0, 0.1) is 11.6 Å². The maximum Gasteiger partial charge on any atom is 0.147 e. The molecule has 0 spiro atoms. The van der Waals surface area contributed by atoms with Gasteiger partial charge in [0.2, 0.25) is 0 Å². The van der Waals surface area contributed by atoms with Gasteiger partial charge < -0.3 is 5.32 Å². The monoisotopic (exact) mass is 331 g/mol. The third-order valence-corrected chi connectivity index (χ3v) is 3.33. The molecule has 2 aromatic carbocycles. The molecule has 0 aromatic heterocycles. The molecule has 0 fully saturated rings. The molecule has 0 heterocycles. The molecule has 0 unspecified atom stereocenters. The van der Waals surface area contributed by atoms with Crippen LogP contribution in [0.3, 0.4) is 0 Å². The molecule has 1 N–H and O–H groups in total. The molecular formula is C13H9BrClF2N. The lowest BCUT2D eigenvalue weighted by molar-refractivity contribution is 0.610. The maximum atomic E-state index is 13.5. The summed E-state index contributed by atoms with van der Waals surface area (Å²) in [5, 5.41) is 3.19. The molecule has 0 saturated heterocycles. The summed E-state index contributed by atoms with van der Waals surface area (Å²) in [6.45, 7) is 0.183. The van der Waals surface area contributed by atoms with Crippen molar-refractivity contribution in [1.29, 1.82) is 0 Å². The Balaban J connectivity index is 2.16.